The molecule has 0 N–H and O–H groups in total. The smallest absolute Gasteiger partial charge is 0.305 e. The molecular weight excluding hydrogens is 464 g/mol. The Morgan fingerprint density at radius 3 is 2.30 bits per heavy atom. The maximum Gasteiger partial charge on any atom is 0.305 e. The SMILES string of the molecule is CCn1cc(-c2ccccc2OC)nc1/C=C/c1ccc(-c2ccc(OCCCC(=O)OC)cc2)cc1. The van der Waals surface area contributed by atoms with Gasteiger partial charge in [0.1, 0.15) is 17.3 Å². The number of imidazole rings is 1. The Bertz CT molecular complexity index is 1340. The molecule has 0 fully saturated rings. The summed E-state index contributed by atoms with van der Waals surface area (Å²) in [7, 11) is 3.07. The molecule has 0 aliphatic heterocycles. The second kappa shape index (κ2) is 12.6. The third-order valence-electron chi connectivity index (χ3n) is 6.08. The molecule has 0 atom stereocenters. The van der Waals surface area contributed by atoms with Crippen LogP contribution in [0.15, 0.2) is 79.0 Å². The van der Waals surface area contributed by atoms with Gasteiger partial charge < -0.3 is 18.8 Å². The molecule has 4 aromatic rings. The Labute approximate surface area is 218 Å². The number of esters is 1. The zero-order chi connectivity index (χ0) is 26.0. The molecule has 190 valence electrons. The molecule has 6 heteroatoms. The van der Waals surface area contributed by atoms with Crippen LogP contribution in [0.1, 0.15) is 31.2 Å². The molecule has 0 saturated heterocycles. The Balaban J connectivity index is 1.40. The summed E-state index contributed by atoms with van der Waals surface area (Å²) in [5.41, 5.74) is 5.21. The van der Waals surface area contributed by atoms with E-state index in [4.69, 9.17) is 14.5 Å². The van der Waals surface area contributed by atoms with Crippen LogP contribution in [-0.2, 0) is 16.1 Å². The summed E-state index contributed by atoms with van der Waals surface area (Å²) in [5.74, 6) is 2.28. The molecule has 0 bridgehead atoms. The first-order valence-corrected chi connectivity index (χ1v) is 12.4. The number of methoxy groups -OCH3 is 2. The number of ether oxygens (including phenoxy) is 3. The van der Waals surface area contributed by atoms with Crippen molar-refractivity contribution in [1.29, 1.82) is 0 Å². The van der Waals surface area contributed by atoms with Gasteiger partial charge in [0.05, 0.1) is 26.5 Å². The summed E-state index contributed by atoms with van der Waals surface area (Å²) in [6.07, 6.45) is 7.18. The van der Waals surface area contributed by atoms with Gasteiger partial charge >= 0.3 is 5.97 Å². The molecule has 6 nitrogen and oxygen atoms in total. The van der Waals surface area contributed by atoms with E-state index in [-0.39, 0.29) is 5.97 Å². The molecule has 1 heterocycles. The fourth-order valence-corrected chi connectivity index (χ4v) is 4.01. The molecule has 0 saturated carbocycles. The van der Waals surface area contributed by atoms with Crippen molar-refractivity contribution in [3.8, 4) is 33.9 Å². The standard InChI is InChI=1S/C31H32N2O4/c1-4-33-22-28(27-8-5-6-9-29(27)35-2)32-30(33)20-13-23-11-14-24(15-12-23)25-16-18-26(19-17-25)37-21-7-10-31(34)36-3/h5-6,8-9,11-20,22H,4,7,10,21H2,1-3H3/b20-13+. The quantitative estimate of drug-likeness (QED) is 0.170. The van der Waals surface area contributed by atoms with E-state index in [1.807, 2.05) is 54.6 Å². The fourth-order valence-electron chi connectivity index (χ4n) is 4.01. The first kappa shape index (κ1) is 25.8. The van der Waals surface area contributed by atoms with Gasteiger partial charge in [-0.3, -0.25) is 4.79 Å². The fraction of sp³-hybridized carbons (Fsp3) is 0.226. The molecule has 0 unspecified atom stereocenters. The van der Waals surface area contributed by atoms with Crippen molar-refractivity contribution < 1.29 is 19.0 Å². The summed E-state index contributed by atoms with van der Waals surface area (Å²) in [4.78, 5) is 16.0. The van der Waals surface area contributed by atoms with Gasteiger partial charge in [-0.25, -0.2) is 4.98 Å². The van der Waals surface area contributed by atoms with Gasteiger partial charge in [0.15, 0.2) is 0 Å². The zero-order valence-electron chi connectivity index (χ0n) is 21.5. The summed E-state index contributed by atoms with van der Waals surface area (Å²) in [5, 5.41) is 0. The van der Waals surface area contributed by atoms with Gasteiger partial charge in [-0.15, -0.1) is 0 Å². The highest BCUT2D eigenvalue weighted by Gasteiger charge is 2.11. The summed E-state index contributed by atoms with van der Waals surface area (Å²) < 4.78 is 18.0. The number of aromatic nitrogens is 2. The van der Waals surface area contributed by atoms with E-state index >= 15 is 0 Å². The first-order chi connectivity index (χ1) is 18.1. The lowest BCUT2D eigenvalue weighted by Crippen LogP contribution is -2.04. The van der Waals surface area contributed by atoms with E-state index in [1.165, 1.54) is 7.11 Å². The topological polar surface area (TPSA) is 62.6 Å². The number of carbonyl (C=O) groups is 1. The molecule has 0 radical (unpaired) electrons. The van der Waals surface area contributed by atoms with Gasteiger partial charge in [-0.05, 0) is 60.4 Å². The Kier molecular flexibility index (Phi) is 8.76. The lowest BCUT2D eigenvalue weighted by Gasteiger charge is -2.07. The molecule has 0 amide bonds. The number of nitrogens with zero attached hydrogens (tertiary/aromatic N) is 2. The number of rotatable bonds is 11. The predicted molar refractivity (Wildman–Crippen MR) is 147 cm³/mol. The van der Waals surface area contributed by atoms with E-state index in [9.17, 15) is 4.79 Å². The number of hydrogen-bond donors (Lipinski definition) is 0. The average molecular weight is 497 g/mol. The molecule has 3 aromatic carbocycles. The van der Waals surface area contributed by atoms with Crippen LogP contribution in [-0.4, -0.2) is 36.3 Å². The van der Waals surface area contributed by atoms with Crippen LogP contribution >= 0.6 is 0 Å². The average Bonchev–Trinajstić information content (AvgIpc) is 3.37. The minimum Gasteiger partial charge on any atom is -0.496 e. The molecular formula is C31H32N2O4. The monoisotopic (exact) mass is 496 g/mol. The molecule has 0 spiro atoms. The van der Waals surface area contributed by atoms with Crippen molar-refractivity contribution in [2.45, 2.75) is 26.3 Å². The second-order valence-electron chi connectivity index (χ2n) is 8.48. The summed E-state index contributed by atoms with van der Waals surface area (Å²) in [6.45, 7) is 3.41. The number of aryl methyl sites for hydroxylation is 1. The van der Waals surface area contributed by atoms with Crippen LogP contribution in [0.25, 0.3) is 34.5 Å². The third-order valence-corrected chi connectivity index (χ3v) is 6.08. The Hall–Kier alpha value is -4.32. The zero-order valence-corrected chi connectivity index (χ0v) is 21.5. The van der Waals surface area contributed by atoms with Gasteiger partial charge in [-0.1, -0.05) is 54.6 Å². The van der Waals surface area contributed by atoms with E-state index in [0.29, 0.717) is 19.4 Å². The van der Waals surface area contributed by atoms with Crippen molar-refractivity contribution in [2.24, 2.45) is 0 Å². The Morgan fingerprint density at radius 1 is 0.919 bits per heavy atom. The minimum atomic E-state index is -0.217. The molecule has 1 aromatic heterocycles. The van der Waals surface area contributed by atoms with Crippen molar-refractivity contribution in [3.05, 3.63) is 90.4 Å². The maximum absolute atomic E-state index is 11.2. The van der Waals surface area contributed by atoms with Crippen molar-refractivity contribution >= 4 is 18.1 Å². The van der Waals surface area contributed by atoms with E-state index in [1.54, 1.807) is 7.11 Å². The third kappa shape index (κ3) is 6.67. The van der Waals surface area contributed by atoms with Crippen LogP contribution in [0.2, 0.25) is 0 Å². The van der Waals surface area contributed by atoms with Crippen LogP contribution < -0.4 is 9.47 Å². The lowest BCUT2D eigenvalue weighted by atomic mass is 10.0. The number of carbonyl (C=O) groups excluding carboxylic acids is 1. The lowest BCUT2D eigenvalue weighted by molar-refractivity contribution is -0.140. The summed E-state index contributed by atoms with van der Waals surface area (Å²) in [6, 6.07) is 24.3. The highest BCUT2D eigenvalue weighted by molar-refractivity contribution is 5.73. The van der Waals surface area contributed by atoms with Crippen LogP contribution in [0, 0.1) is 0 Å². The van der Waals surface area contributed by atoms with E-state index in [0.717, 1.165) is 51.8 Å². The maximum atomic E-state index is 11.2. The van der Waals surface area contributed by atoms with Crippen molar-refractivity contribution in [1.82, 2.24) is 9.55 Å². The number of hydrogen-bond acceptors (Lipinski definition) is 5. The highest BCUT2D eigenvalue weighted by Crippen LogP contribution is 2.29. The van der Waals surface area contributed by atoms with Gasteiger partial charge in [0, 0.05) is 24.7 Å². The number of para-hydroxylation sites is 1. The molecule has 0 aliphatic carbocycles. The second-order valence-corrected chi connectivity index (χ2v) is 8.48. The largest absolute Gasteiger partial charge is 0.496 e. The van der Waals surface area contributed by atoms with Gasteiger partial charge in [-0.2, -0.15) is 0 Å². The van der Waals surface area contributed by atoms with Crippen LogP contribution in [0.4, 0.5) is 0 Å². The van der Waals surface area contributed by atoms with Crippen molar-refractivity contribution in [2.75, 3.05) is 20.8 Å². The predicted octanol–water partition coefficient (Wildman–Crippen LogP) is 6.75. The highest BCUT2D eigenvalue weighted by atomic mass is 16.5. The first-order valence-electron chi connectivity index (χ1n) is 12.4. The van der Waals surface area contributed by atoms with Crippen molar-refractivity contribution in [3.63, 3.8) is 0 Å². The number of benzene rings is 3. The Morgan fingerprint density at radius 2 is 1.62 bits per heavy atom. The molecule has 4 rings (SSSR count). The van der Waals surface area contributed by atoms with Crippen LogP contribution in [0.3, 0.4) is 0 Å². The van der Waals surface area contributed by atoms with E-state index in [2.05, 4.69) is 52.8 Å². The normalized spacial score (nSPS) is 11.0. The molecule has 37 heavy (non-hydrogen) atoms. The van der Waals surface area contributed by atoms with Crippen LogP contribution in [0.5, 0.6) is 11.5 Å². The molecule has 0 aliphatic rings. The van der Waals surface area contributed by atoms with E-state index < -0.39 is 0 Å². The summed E-state index contributed by atoms with van der Waals surface area (Å²) >= 11 is 0. The minimum absolute atomic E-state index is 0.217. The van der Waals surface area contributed by atoms with Gasteiger partial charge in [0.25, 0.3) is 0 Å². The van der Waals surface area contributed by atoms with Gasteiger partial charge in [0.2, 0.25) is 0 Å².